The Balaban J connectivity index is 1.62. The van der Waals surface area contributed by atoms with Crippen LogP contribution in [0.4, 0.5) is 0 Å². The van der Waals surface area contributed by atoms with E-state index < -0.39 is 0 Å². The third kappa shape index (κ3) is 3.18. The number of rotatable bonds is 4. The first-order chi connectivity index (χ1) is 12.1. The van der Waals surface area contributed by atoms with E-state index in [1.165, 1.54) is 0 Å². The number of aromatic nitrogens is 2. The minimum atomic E-state index is 0.0471. The number of carbonyl (C=O) groups is 1. The smallest absolute Gasteiger partial charge is 0.254 e. The molecule has 1 N–H and O–H groups in total. The second kappa shape index (κ2) is 6.46. The summed E-state index contributed by atoms with van der Waals surface area (Å²) < 4.78 is 1.98. The van der Waals surface area contributed by atoms with Crippen LogP contribution in [-0.4, -0.2) is 39.5 Å². The SMILES string of the molecule is Cn1ccnc1CN(C(=O)c1cccc(Cl)c1)[C@H]1CC12CCNCC2. The quantitative estimate of drug-likeness (QED) is 0.914. The summed E-state index contributed by atoms with van der Waals surface area (Å²) in [7, 11) is 1.97. The summed E-state index contributed by atoms with van der Waals surface area (Å²) in [5.41, 5.74) is 0.933. The predicted octanol–water partition coefficient (Wildman–Crippen LogP) is 2.86. The number of hydrogen-bond acceptors (Lipinski definition) is 3. The van der Waals surface area contributed by atoms with Crippen LogP contribution in [0, 0.1) is 5.41 Å². The zero-order valence-corrected chi connectivity index (χ0v) is 15.2. The molecule has 0 unspecified atom stereocenters. The second-order valence-corrected chi connectivity index (χ2v) is 7.67. The number of halogens is 1. The molecule has 132 valence electrons. The molecular weight excluding hydrogens is 336 g/mol. The number of carbonyl (C=O) groups excluding carboxylic acids is 1. The van der Waals surface area contributed by atoms with Crippen molar-refractivity contribution in [1.29, 1.82) is 0 Å². The van der Waals surface area contributed by atoms with Crippen molar-refractivity contribution >= 4 is 17.5 Å². The van der Waals surface area contributed by atoms with Gasteiger partial charge < -0.3 is 14.8 Å². The van der Waals surface area contributed by atoms with Gasteiger partial charge in [-0.3, -0.25) is 4.79 Å². The van der Waals surface area contributed by atoms with Crippen LogP contribution in [0.1, 0.15) is 35.4 Å². The van der Waals surface area contributed by atoms with Crippen LogP contribution in [0.3, 0.4) is 0 Å². The van der Waals surface area contributed by atoms with Crippen LogP contribution in [0.2, 0.25) is 5.02 Å². The maximum atomic E-state index is 13.3. The van der Waals surface area contributed by atoms with Crippen molar-refractivity contribution in [2.45, 2.75) is 31.8 Å². The highest BCUT2D eigenvalue weighted by molar-refractivity contribution is 6.30. The van der Waals surface area contributed by atoms with Gasteiger partial charge in [-0.25, -0.2) is 4.98 Å². The molecule has 0 bridgehead atoms. The molecule has 2 heterocycles. The number of aryl methyl sites for hydroxylation is 1. The lowest BCUT2D eigenvalue weighted by Crippen LogP contribution is -2.39. The lowest BCUT2D eigenvalue weighted by Gasteiger charge is -2.29. The Morgan fingerprint density at radius 2 is 2.24 bits per heavy atom. The van der Waals surface area contributed by atoms with Gasteiger partial charge in [0.2, 0.25) is 0 Å². The van der Waals surface area contributed by atoms with Gasteiger partial charge in [-0.1, -0.05) is 17.7 Å². The van der Waals surface area contributed by atoms with Gasteiger partial charge >= 0.3 is 0 Å². The molecule has 1 amide bonds. The van der Waals surface area contributed by atoms with Gasteiger partial charge in [0, 0.05) is 36.1 Å². The third-order valence-electron chi connectivity index (χ3n) is 5.69. The van der Waals surface area contributed by atoms with Gasteiger partial charge in [0.15, 0.2) is 0 Å². The van der Waals surface area contributed by atoms with Crippen LogP contribution in [-0.2, 0) is 13.6 Å². The van der Waals surface area contributed by atoms with Crippen molar-refractivity contribution in [2.24, 2.45) is 12.5 Å². The molecule has 4 rings (SSSR count). The number of nitrogens with one attached hydrogen (secondary N) is 1. The molecule has 1 aliphatic carbocycles. The fourth-order valence-corrected chi connectivity index (χ4v) is 4.23. The normalized spacial score (nSPS) is 21.3. The van der Waals surface area contributed by atoms with E-state index in [0.717, 1.165) is 38.2 Å². The zero-order valence-electron chi connectivity index (χ0n) is 14.4. The summed E-state index contributed by atoms with van der Waals surface area (Å²) in [4.78, 5) is 19.7. The molecule has 1 aromatic carbocycles. The molecule has 5 nitrogen and oxygen atoms in total. The molecule has 2 fully saturated rings. The van der Waals surface area contributed by atoms with Crippen molar-refractivity contribution in [3.05, 3.63) is 53.1 Å². The van der Waals surface area contributed by atoms with E-state index in [1.54, 1.807) is 18.3 Å². The van der Waals surface area contributed by atoms with Gasteiger partial charge in [-0.15, -0.1) is 0 Å². The van der Waals surface area contributed by atoms with Crippen LogP contribution < -0.4 is 5.32 Å². The Morgan fingerprint density at radius 3 is 2.92 bits per heavy atom. The molecule has 2 aromatic rings. The third-order valence-corrected chi connectivity index (χ3v) is 5.92. The Kier molecular flexibility index (Phi) is 4.29. The Labute approximate surface area is 153 Å². The molecule has 1 aliphatic heterocycles. The average molecular weight is 359 g/mol. The van der Waals surface area contributed by atoms with Crippen molar-refractivity contribution in [1.82, 2.24) is 19.8 Å². The number of amides is 1. The lowest BCUT2D eigenvalue weighted by atomic mass is 9.93. The number of piperidine rings is 1. The number of benzene rings is 1. The molecule has 25 heavy (non-hydrogen) atoms. The maximum Gasteiger partial charge on any atom is 0.254 e. The largest absolute Gasteiger partial charge is 0.337 e. The summed E-state index contributed by atoms with van der Waals surface area (Å²) in [6.07, 6.45) is 7.07. The van der Waals surface area contributed by atoms with Gasteiger partial charge in [0.05, 0.1) is 6.54 Å². The molecule has 1 saturated heterocycles. The summed E-state index contributed by atoms with van der Waals surface area (Å²) in [6.45, 7) is 2.62. The van der Waals surface area contributed by atoms with Crippen molar-refractivity contribution in [3.63, 3.8) is 0 Å². The van der Waals surface area contributed by atoms with Crippen LogP contribution in [0.15, 0.2) is 36.7 Å². The van der Waals surface area contributed by atoms with Crippen molar-refractivity contribution in [3.8, 4) is 0 Å². The van der Waals surface area contributed by atoms with E-state index in [4.69, 9.17) is 11.6 Å². The number of hydrogen-bond donors (Lipinski definition) is 1. The maximum absolute atomic E-state index is 13.3. The minimum Gasteiger partial charge on any atom is -0.337 e. The van der Waals surface area contributed by atoms with E-state index in [2.05, 4.69) is 10.3 Å². The summed E-state index contributed by atoms with van der Waals surface area (Å²) in [5, 5.41) is 4.02. The highest BCUT2D eigenvalue weighted by Gasteiger charge is 2.57. The van der Waals surface area contributed by atoms with Crippen LogP contribution in [0.25, 0.3) is 0 Å². The fraction of sp³-hybridized carbons (Fsp3) is 0.474. The van der Waals surface area contributed by atoms with Gasteiger partial charge in [0.1, 0.15) is 5.82 Å². The second-order valence-electron chi connectivity index (χ2n) is 7.23. The monoisotopic (exact) mass is 358 g/mol. The average Bonchev–Trinajstić information content (AvgIpc) is 3.13. The summed E-state index contributed by atoms with van der Waals surface area (Å²) in [5.74, 6) is 0.956. The first-order valence-electron chi connectivity index (χ1n) is 8.82. The molecule has 6 heteroatoms. The molecule has 1 spiro atoms. The zero-order chi connectivity index (χ0) is 17.4. The topological polar surface area (TPSA) is 50.2 Å². The molecular formula is C19H23ClN4O. The van der Waals surface area contributed by atoms with Gasteiger partial charge in [-0.05, 0) is 56.0 Å². The highest BCUT2D eigenvalue weighted by Crippen LogP contribution is 2.56. The molecule has 1 atom stereocenters. The van der Waals surface area contributed by atoms with Crippen molar-refractivity contribution in [2.75, 3.05) is 13.1 Å². The first-order valence-corrected chi connectivity index (χ1v) is 9.20. The van der Waals surface area contributed by atoms with Gasteiger partial charge in [0.25, 0.3) is 5.91 Å². The predicted molar refractivity (Wildman–Crippen MR) is 97.5 cm³/mol. The van der Waals surface area contributed by atoms with E-state index in [1.807, 2.05) is 34.8 Å². The number of imidazole rings is 1. The molecule has 1 saturated carbocycles. The summed E-state index contributed by atoms with van der Waals surface area (Å²) >= 11 is 6.10. The Morgan fingerprint density at radius 1 is 1.44 bits per heavy atom. The van der Waals surface area contributed by atoms with Crippen LogP contribution >= 0.6 is 11.6 Å². The Bertz CT molecular complexity index is 781. The number of nitrogens with zero attached hydrogens (tertiary/aromatic N) is 3. The van der Waals surface area contributed by atoms with Crippen LogP contribution in [0.5, 0.6) is 0 Å². The molecule has 2 aliphatic rings. The van der Waals surface area contributed by atoms with E-state index in [9.17, 15) is 4.79 Å². The lowest BCUT2D eigenvalue weighted by molar-refractivity contribution is 0.0685. The van der Waals surface area contributed by atoms with E-state index in [-0.39, 0.29) is 17.4 Å². The highest BCUT2D eigenvalue weighted by atomic mass is 35.5. The summed E-state index contributed by atoms with van der Waals surface area (Å²) in [6, 6.07) is 7.52. The molecule has 0 radical (unpaired) electrons. The van der Waals surface area contributed by atoms with E-state index in [0.29, 0.717) is 17.1 Å². The Hall–Kier alpha value is -1.85. The van der Waals surface area contributed by atoms with E-state index >= 15 is 0 Å². The standard InChI is InChI=1S/C19H23ClN4O/c1-23-10-9-22-17(23)13-24(16-12-19(16)5-7-21-8-6-19)18(25)14-3-2-4-15(20)11-14/h2-4,9-11,16,21H,5-8,12-13H2,1H3/t16-/m0/s1. The minimum absolute atomic E-state index is 0.0471. The van der Waals surface area contributed by atoms with Gasteiger partial charge in [-0.2, -0.15) is 0 Å². The first kappa shape index (κ1) is 16.6. The molecule has 1 aromatic heterocycles. The van der Waals surface area contributed by atoms with Crippen molar-refractivity contribution < 1.29 is 4.79 Å². The fourth-order valence-electron chi connectivity index (χ4n) is 4.04.